The zero-order valence-electron chi connectivity index (χ0n) is 6.11. The molecule has 1 aliphatic heterocycles. The third kappa shape index (κ3) is 1.18. The van der Waals surface area contributed by atoms with Gasteiger partial charge < -0.3 is 0 Å². The van der Waals surface area contributed by atoms with Crippen molar-refractivity contribution in [3.63, 3.8) is 0 Å². The Morgan fingerprint density at radius 2 is 2.00 bits per heavy atom. The maximum absolute atomic E-state index is 11.0. The van der Waals surface area contributed by atoms with Crippen molar-refractivity contribution >= 4 is 5.91 Å². The molecule has 0 bridgehead atoms. The van der Waals surface area contributed by atoms with E-state index in [1.54, 1.807) is 18.1 Å². The van der Waals surface area contributed by atoms with Crippen molar-refractivity contribution in [1.29, 1.82) is 0 Å². The minimum absolute atomic E-state index is 0.00694. The van der Waals surface area contributed by atoms with Gasteiger partial charge in [0.25, 0.3) is 5.91 Å². The number of hydrogen-bond acceptors (Lipinski definition) is 2. The van der Waals surface area contributed by atoms with Gasteiger partial charge in [0.1, 0.15) is 0 Å². The fraction of sp³-hybridized carbons (Fsp3) is 0.286. The van der Waals surface area contributed by atoms with Gasteiger partial charge in [0, 0.05) is 26.4 Å². The van der Waals surface area contributed by atoms with Crippen LogP contribution in [-0.2, 0) is 4.79 Å². The molecule has 0 aromatic rings. The van der Waals surface area contributed by atoms with Crippen LogP contribution >= 0.6 is 0 Å². The summed E-state index contributed by atoms with van der Waals surface area (Å²) >= 11 is 0. The number of allylic oxidation sites excluding steroid dienone is 2. The monoisotopic (exact) mass is 138 g/mol. The van der Waals surface area contributed by atoms with E-state index >= 15 is 0 Å². The molecule has 0 N–H and O–H groups in total. The fourth-order valence-corrected chi connectivity index (χ4v) is 0.675. The molecule has 0 aromatic carbocycles. The highest BCUT2D eigenvalue weighted by atomic mass is 16.2. The first-order chi connectivity index (χ1) is 4.72. The van der Waals surface area contributed by atoms with Crippen molar-refractivity contribution in [2.75, 3.05) is 14.1 Å². The number of carbonyl (C=O) groups is 1. The van der Waals surface area contributed by atoms with E-state index in [1.165, 1.54) is 11.1 Å². The molecular weight excluding hydrogens is 128 g/mol. The summed E-state index contributed by atoms with van der Waals surface area (Å²) in [6.45, 7) is 0. The standard InChI is InChI=1S/C7H10N2O/c1-8-6-4-3-5-7(10)9(8)2/h3-6H,1-2H3. The molecule has 1 amide bonds. The van der Waals surface area contributed by atoms with Gasteiger partial charge in [0.05, 0.1) is 0 Å². The fourth-order valence-electron chi connectivity index (χ4n) is 0.675. The van der Waals surface area contributed by atoms with Crippen LogP contribution in [0.25, 0.3) is 0 Å². The molecular formula is C7H10N2O. The van der Waals surface area contributed by atoms with Crippen LogP contribution in [0.4, 0.5) is 0 Å². The van der Waals surface area contributed by atoms with Crippen LogP contribution in [0.3, 0.4) is 0 Å². The number of carbonyl (C=O) groups excluding carboxylic acids is 1. The van der Waals surface area contributed by atoms with Gasteiger partial charge in [-0.2, -0.15) is 0 Å². The molecule has 54 valence electrons. The predicted molar refractivity (Wildman–Crippen MR) is 38.8 cm³/mol. The van der Waals surface area contributed by atoms with Crippen molar-refractivity contribution in [2.24, 2.45) is 0 Å². The van der Waals surface area contributed by atoms with Gasteiger partial charge >= 0.3 is 0 Å². The summed E-state index contributed by atoms with van der Waals surface area (Å²) in [7, 11) is 3.55. The molecule has 0 radical (unpaired) electrons. The molecule has 3 nitrogen and oxygen atoms in total. The zero-order chi connectivity index (χ0) is 7.56. The molecule has 3 heteroatoms. The third-order valence-corrected chi connectivity index (χ3v) is 1.44. The summed E-state index contributed by atoms with van der Waals surface area (Å²) in [5.74, 6) is -0.00694. The molecule has 10 heavy (non-hydrogen) atoms. The van der Waals surface area contributed by atoms with E-state index in [4.69, 9.17) is 0 Å². The van der Waals surface area contributed by atoms with Crippen LogP contribution in [0.5, 0.6) is 0 Å². The zero-order valence-corrected chi connectivity index (χ0v) is 6.11. The summed E-state index contributed by atoms with van der Waals surface area (Å²) in [5, 5.41) is 3.25. The van der Waals surface area contributed by atoms with Crippen LogP contribution in [-0.4, -0.2) is 30.0 Å². The van der Waals surface area contributed by atoms with E-state index in [0.717, 1.165) is 0 Å². The second-order valence-corrected chi connectivity index (χ2v) is 2.14. The van der Waals surface area contributed by atoms with Gasteiger partial charge in [-0.05, 0) is 6.08 Å². The molecule has 1 rings (SSSR count). The Hall–Kier alpha value is -1.25. The smallest absolute Gasteiger partial charge is 0.264 e. The Morgan fingerprint density at radius 1 is 1.30 bits per heavy atom. The number of nitrogens with zero attached hydrogens (tertiary/aromatic N) is 2. The number of hydrazine groups is 1. The van der Waals surface area contributed by atoms with Crippen LogP contribution < -0.4 is 0 Å². The molecule has 0 aromatic heterocycles. The van der Waals surface area contributed by atoms with Gasteiger partial charge in [0.15, 0.2) is 0 Å². The predicted octanol–water partition coefficient (Wildman–Crippen LogP) is 0.375. The molecule has 0 unspecified atom stereocenters. The Bertz CT molecular complexity index is 196. The maximum Gasteiger partial charge on any atom is 0.264 e. The van der Waals surface area contributed by atoms with Crippen molar-refractivity contribution in [2.45, 2.75) is 0 Å². The van der Waals surface area contributed by atoms with E-state index in [-0.39, 0.29) is 5.91 Å². The second-order valence-electron chi connectivity index (χ2n) is 2.14. The lowest BCUT2D eigenvalue weighted by Crippen LogP contribution is -2.35. The highest BCUT2D eigenvalue weighted by Crippen LogP contribution is 1.98. The summed E-state index contributed by atoms with van der Waals surface area (Å²) in [4.78, 5) is 11.0. The van der Waals surface area contributed by atoms with Gasteiger partial charge in [-0.1, -0.05) is 6.08 Å². The van der Waals surface area contributed by atoms with Crippen molar-refractivity contribution < 1.29 is 4.79 Å². The molecule has 1 aliphatic rings. The van der Waals surface area contributed by atoms with Gasteiger partial charge in [-0.15, -0.1) is 0 Å². The van der Waals surface area contributed by atoms with Crippen LogP contribution in [0.1, 0.15) is 0 Å². The van der Waals surface area contributed by atoms with Crippen LogP contribution in [0, 0.1) is 0 Å². The first-order valence-corrected chi connectivity index (χ1v) is 3.07. The Kier molecular flexibility index (Phi) is 1.76. The Labute approximate surface area is 60.2 Å². The van der Waals surface area contributed by atoms with Gasteiger partial charge in [-0.25, -0.2) is 0 Å². The van der Waals surface area contributed by atoms with E-state index in [0.29, 0.717) is 0 Å². The van der Waals surface area contributed by atoms with Gasteiger partial charge in [0.2, 0.25) is 0 Å². The third-order valence-electron chi connectivity index (χ3n) is 1.44. The molecule has 1 heterocycles. The lowest BCUT2D eigenvalue weighted by Gasteiger charge is -2.24. The largest absolute Gasteiger partial charge is 0.293 e. The number of amides is 1. The minimum Gasteiger partial charge on any atom is -0.293 e. The van der Waals surface area contributed by atoms with Crippen molar-refractivity contribution in [3.05, 3.63) is 24.4 Å². The lowest BCUT2D eigenvalue weighted by atomic mass is 10.5. The Morgan fingerprint density at radius 3 is 2.70 bits per heavy atom. The second kappa shape index (κ2) is 2.56. The number of hydrogen-bond donors (Lipinski definition) is 0. The molecule has 0 saturated carbocycles. The number of rotatable bonds is 0. The average molecular weight is 138 g/mol. The first kappa shape index (κ1) is 6.86. The summed E-state index contributed by atoms with van der Waals surface area (Å²) in [6.07, 6.45) is 6.89. The molecule has 0 fully saturated rings. The normalized spacial score (nSPS) is 18.0. The molecule has 0 saturated heterocycles. The molecule has 0 aliphatic carbocycles. The maximum atomic E-state index is 11.0. The van der Waals surface area contributed by atoms with E-state index in [9.17, 15) is 4.79 Å². The van der Waals surface area contributed by atoms with E-state index in [2.05, 4.69) is 0 Å². The van der Waals surface area contributed by atoms with Crippen LogP contribution in [0.15, 0.2) is 24.4 Å². The van der Waals surface area contributed by atoms with Gasteiger partial charge in [-0.3, -0.25) is 14.8 Å². The summed E-state index contributed by atoms with van der Waals surface area (Å²) in [5.41, 5.74) is 0. The van der Waals surface area contributed by atoms with E-state index < -0.39 is 0 Å². The van der Waals surface area contributed by atoms with E-state index in [1.807, 2.05) is 19.3 Å². The summed E-state index contributed by atoms with van der Waals surface area (Å²) in [6, 6.07) is 0. The molecule has 0 spiro atoms. The SMILES string of the molecule is CN1C=CC=CC(=O)N1C. The topological polar surface area (TPSA) is 23.6 Å². The summed E-state index contributed by atoms with van der Waals surface area (Å²) < 4.78 is 0. The Balaban J connectivity index is 2.79. The number of likely N-dealkylation sites (N-methyl/N-ethyl adjacent to an activating group) is 1. The highest BCUT2D eigenvalue weighted by molar-refractivity contribution is 5.87. The van der Waals surface area contributed by atoms with Crippen molar-refractivity contribution in [1.82, 2.24) is 10.0 Å². The first-order valence-electron chi connectivity index (χ1n) is 3.07. The van der Waals surface area contributed by atoms with Crippen LogP contribution in [0.2, 0.25) is 0 Å². The highest BCUT2D eigenvalue weighted by Gasteiger charge is 2.07. The quantitative estimate of drug-likeness (QED) is 0.483. The molecule has 0 atom stereocenters. The van der Waals surface area contributed by atoms with Crippen molar-refractivity contribution in [3.8, 4) is 0 Å². The lowest BCUT2D eigenvalue weighted by molar-refractivity contribution is -0.134. The minimum atomic E-state index is -0.00694. The average Bonchev–Trinajstić information content (AvgIpc) is 2.04.